The molecule has 0 unspecified atom stereocenters. The zero-order valence-corrected chi connectivity index (χ0v) is 12.9. The molecule has 0 aromatic heterocycles. The van der Waals surface area contributed by atoms with Gasteiger partial charge in [-0.1, -0.05) is 40.9 Å². The first-order chi connectivity index (χ1) is 7.62. The molecule has 0 aromatic carbocycles. The highest BCUT2D eigenvalue weighted by Crippen LogP contribution is 2.31. The van der Waals surface area contributed by atoms with Crippen LogP contribution in [0.4, 0.5) is 0 Å². The lowest BCUT2D eigenvalue weighted by Gasteiger charge is -2.26. The molecule has 0 fully saturated rings. The van der Waals surface area contributed by atoms with Crippen molar-refractivity contribution in [1.29, 1.82) is 0 Å². The van der Waals surface area contributed by atoms with Crippen LogP contribution >= 0.6 is 23.2 Å². The number of hydrogen-bond acceptors (Lipinski definition) is 1. The largest absolute Gasteiger partial charge is 0.467 e. The molecule has 0 saturated heterocycles. The SMILES string of the molecule is C=C(CC(C)(C)CCl)OC(=C)CC(C)(C)CCl. The summed E-state index contributed by atoms with van der Waals surface area (Å²) in [5.41, 5.74) is 0.00183. The number of rotatable bonds is 8. The Bertz CT molecular complexity index is 252. The van der Waals surface area contributed by atoms with Gasteiger partial charge in [-0.05, 0) is 10.8 Å². The molecule has 0 amide bonds. The van der Waals surface area contributed by atoms with E-state index in [2.05, 4.69) is 40.9 Å². The second-order valence-electron chi connectivity index (χ2n) is 6.13. The maximum absolute atomic E-state index is 5.87. The highest BCUT2D eigenvalue weighted by atomic mass is 35.5. The highest BCUT2D eigenvalue weighted by Gasteiger charge is 2.21. The van der Waals surface area contributed by atoms with E-state index in [0.29, 0.717) is 23.3 Å². The van der Waals surface area contributed by atoms with Crippen molar-refractivity contribution in [2.75, 3.05) is 11.8 Å². The van der Waals surface area contributed by atoms with E-state index in [9.17, 15) is 0 Å². The van der Waals surface area contributed by atoms with Crippen LogP contribution in [0.2, 0.25) is 0 Å². The molecule has 0 aliphatic rings. The molecule has 0 spiro atoms. The Balaban J connectivity index is 4.19. The summed E-state index contributed by atoms with van der Waals surface area (Å²) in [7, 11) is 0. The average Bonchev–Trinajstić information content (AvgIpc) is 2.15. The predicted molar refractivity (Wildman–Crippen MR) is 77.6 cm³/mol. The Labute approximate surface area is 116 Å². The molecule has 0 aromatic rings. The van der Waals surface area contributed by atoms with E-state index in [1.807, 2.05) is 0 Å². The number of alkyl halides is 2. The third-order valence-electron chi connectivity index (χ3n) is 2.36. The van der Waals surface area contributed by atoms with Gasteiger partial charge in [-0.25, -0.2) is 0 Å². The zero-order chi connectivity index (χ0) is 13.7. The summed E-state index contributed by atoms with van der Waals surface area (Å²) < 4.78 is 5.62. The van der Waals surface area contributed by atoms with E-state index in [4.69, 9.17) is 27.9 Å². The quantitative estimate of drug-likeness (QED) is 0.430. The Morgan fingerprint density at radius 3 is 1.41 bits per heavy atom. The highest BCUT2D eigenvalue weighted by molar-refractivity contribution is 6.18. The first kappa shape index (κ1) is 16.9. The maximum Gasteiger partial charge on any atom is 0.0970 e. The standard InChI is InChI=1S/C14H24Cl2O/c1-11(7-13(3,4)9-15)17-12(2)8-14(5,6)10-16/h1-2,7-10H2,3-6H3. The monoisotopic (exact) mass is 278 g/mol. The van der Waals surface area contributed by atoms with Gasteiger partial charge < -0.3 is 4.74 Å². The van der Waals surface area contributed by atoms with E-state index in [0.717, 1.165) is 12.8 Å². The van der Waals surface area contributed by atoms with Crippen LogP contribution in [-0.2, 0) is 4.74 Å². The summed E-state index contributed by atoms with van der Waals surface area (Å²) >= 11 is 11.7. The van der Waals surface area contributed by atoms with Gasteiger partial charge in [0.05, 0.1) is 11.5 Å². The number of hydrogen-bond donors (Lipinski definition) is 0. The van der Waals surface area contributed by atoms with Gasteiger partial charge in [0.2, 0.25) is 0 Å². The lowest BCUT2D eigenvalue weighted by atomic mass is 9.90. The van der Waals surface area contributed by atoms with Gasteiger partial charge in [0.1, 0.15) is 0 Å². The Kier molecular flexibility index (Phi) is 6.65. The van der Waals surface area contributed by atoms with Crippen LogP contribution in [0, 0.1) is 10.8 Å². The fraction of sp³-hybridized carbons (Fsp3) is 0.714. The topological polar surface area (TPSA) is 9.23 Å². The third kappa shape index (κ3) is 7.72. The van der Waals surface area contributed by atoms with Crippen molar-refractivity contribution in [3.8, 4) is 0 Å². The van der Waals surface area contributed by atoms with Gasteiger partial charge in [0.15, 0.2) is 0 Å². The molecule has 0 rings (SSSR count). The van der Waals surface area contributed by atoms with Crippen LogP contribution in [0.1, 0.15) is 40.5 Å². The van der Waals surface area contributed by atoms with E-state index < -0.39 is 0 Å². The van der Waals surface area contributed by atoms with Crippen molar-refractivity contribution in [1.82, 2.24) is 0 Å². The van der Waals surface area contributed by atoms with Gasteiger partial charge in [-0.15, -0.1) is 23.2 Å². The summed E-state index contributed by atoms with van der Waals surface area (Å²) in [6.45, 7) is 16.2. The van der Waals surface area contributed by atoms with E-state index in [1.54, 1.807) is 0 Å². The van der Waals surface area contributed by atoms with Crippen LogP contribution < -0.4 is 0 Å². The summed E-state index contributed by atoms with van der Waals surface area (Å²) in [5, 5.41) is 0. The molecule has 0 N–H and O–H groups in total. The molecule has 1 nitrogen and oxygen atoms in total. The van der Waals surface area contributed by atoms with Gasteiger partial charge in [0.25, 0.3) is 0 Å². The predicted octanol–water partition coefficient (Wildman–Crippen LogP) is 5.34. The minimum Gasteiger partial charge on any atom is -0.467 e. The fourth-order valence-corrected chi connectivity index (χ4v) is 1.63. The first-order valence-corrected chi connectivity index (χ1v) is 6.84. The van der Waals surface area contributed by atoms with E-state index in [1.165, 1.54) is 0 Å². The zero-order valence-electron chi connectivity index (χ0n) is 11.4. The molecule has 0 radical (unpaired) electrons. The molecule has 0 saturated carbocycles. The smallest absolute Gasteiger partial charge is 0.0970 e. The molecule has 0 aliphatic heterocycles. The van der Waals surface area contributed by atoms with Crippen LogP contribution in [0.3, 0.4) is 0 Å². The van der Waals surface area contributed by atoms with Crippen LogP contribution in [0.15, 0.2) is 24.7 Å². The van der Waals surface area contributed by atoms with Gasteiger partial charge >= 0.3 is 0 Å². The van der Waals surface area contributed by atoms with Gasteiger partial charge in [-0.2, -0.15) is 0 Å². The molecular formula is C14H24Cl2O. The number of allylic oxidation sites excluding steroid dienone is 2. The molecular weight excluding hydrogens is 255 g/mol. The third-order valence-corrected chi connectivity index (χ3v) is 3.81. The van der Waals surface area contributed by atoms with Gasteiger partial charge in [-0.3, -0.25) is 0 Å². The maximum atomic E-state index is 5.87. The average molecular weight is 279 g/mol. The van der Waals surface area contributed by atoms with Crippen molar-refractivity contribution in [2.45, 2.75) is 40.5 Å². The molecule has 100 valence electrons. The molecule has 0 aliphatic carbocycles. The minimum atomic E-state index is 0.000914. The second kappa shape index (κ2) is 6.70. The molecule has 17 heavy (non-hydrogen) atoms. The summed E-state index contributed by atoms with van der Waals surface area (Å²) in [5.74, 6) is 2.58. The molecule has 0 bridgehead atoms. The normalized spacial score (nSPS) is 12.4. The van der Waals surface area contributed by atoms with Crippen molar-refractivity contribution < 1.29 is 4.74 Å². The van der Waals surface area contributed by atoms with Crippen LogP contribution in [0.5, 0.6) is 0 Å². The minimum absolute atomic E-state index is 0.000914. The fourth-order valence-electron chi connectivity index (χ4n) is 1.44. The molecule has 0 heterocycles. The second-order valence-corrected chi connectivity index (χ2v) is 6.66. The van der Waals surface area contributed by atoms with Crippen LogP contribution in [0.25, 0.3) is 0 Å². The van der Waals surface area contributed by atoms with Crippen molar-refractivity contribution in [2.24, 2.45) is 10.8 Å². The van der Waals surface area contributed by atoms with Crippen LogP contribution in [-0.4, -0.2) is 11.8 Å². The van der Waals surface area contributed by atoms with E-state index >= 15 is 0 Å². The Hall–Kier alpha value is -0.140. The Morgan fingerprint density at radius 1 is 0.882 bits per heavy atom. The van der Waals surface area contributed by atoms with Crippen molar-refractivity contribution in [3.63, 3.8) is 0 Å². The first-order valence-electron chi connectivity index (χ1n) is 5.77. The molecule has 3 heteroatoms. The summed E-state index contributed by atoms with van der Waals surface area (Å²) in [6.07, 6.45) is 1.47. The Morgan fingerprint density at radius 2 is 1.18 bits per heavy atom. The summed E-state index contributed by atoms with van der Waals surface area (Å²) in [4.78, 5) is 0. The number of ether oxygens (including phenoxy) is 1. The lowest BCUT2D eigenvalue weighted by molar-refractivity contribution is 0.219. The molecule has 0 atom stereocenters. The van der Waals surface area contributed by atoms with Gasteiger partial charge in [0, 0.05) is 24.6 Å². The van der Waals surface area contributed by atoms with Crippen molar-refractivity contribution in [3.05, 3.63) is 24.7 Å². The van der Waals surface area contributed by atoms with E-state index in [-0.39, 0.29) is 10.8 Å². The van der Waals surface area contributed by atoms with Crippen molar-refractivity contribution >= 4 is 23.2 Å². The number of halogens is 2. The lowest BCUT2D eigenvalue weighted by Crippen LogP contribution is -2.17. The summed E-state index contributed by atoms with van der Waals surface area (Å²) in [6, 6.07) is 0.